The van der Waals surface area contributed by atoms with E-state index in [4.69, 9.17) is 0 Å². The van der Waals surface area contributed by atoms with Crippen LogP contribution in [0.5, 0.6) is 0 Å². The van der Waals surface area contributed by atoms with Gasteiger partial charge in [0.1, 0.15) is 5.69 Å². The summed E-state index contributed by atoms with van der Waals surface area (Å²) in [5.74, 6) is -0.124. The Morgan fingerprint density at radius 2 is 1.75 bits per heavy atom. The van der Waals surface area contributed by atoms with Gasteiger partial charge in [-0.05, 0) is 49.2 Å². The predicted molar refractivity (Wildman–Crippen MR) is 80.8 cm³/mol. The zero-order valence-electron chi connectivity index (χ0n) is 11.8. The first-order chi connectivity index (χ1) is 9.54. The van der Waals surface area contributed by atoms with E-state index in [-0.39, 0.29) is 5.91 Å². The lowest BCUT2D eigenvalue weighted by atomic mass is 10.2. The fourth-order valence-corrected chi connectivity index (χ4v) is 1.82. The summed E-state index contributed by atoms with van der Waals surface area (Å²) in [6, 6.07) is 13.5. The Morgan fingerprint density at radius 1 is 1.00 bits per heavy atom. The average Bonchev–Trinajstić information content (AvgIpc) is 2.39. The molecular weight excluding hydrogens is 250 g/mol. The van der Waals surface area contributed by atoms with E-state index in [9.17, 15) is 4.79 Å². The van der Waals surface area contributed by atoms with Gasteiger partial charge in [-0.2, -0.15) is 5.11 Å². The van der Waals surface area contributed by atoms with Gasteiger partial charge in [0.15, 0.2) is 0 Å². The first-order valence-electron chi connectivity index (χ1n) is 6.41. The Bertz CT molecular complexity index is 663. The molecule has 1 amide bonds. The molecule has 2 aromatic rings. The number of nitrogens with zero attached hydrogens (tertiary/aromatic N) is 2. The molecule has 102 valence electrons. The highest BCUT2D eigenvalue weighted by atomic mass is 16.1. The van der Waals surface area contributed by atoms with Crippen LogP contribution < -0.4 is 5.32 Å². The molecule has 4 heteroatoms. The van der Waals surface area contributed by atoms with Gasteiger partial charge in [-0.15, -0.1) is 5.11 Å². The first-order valence-corrected chi connectivity index (χ1v) is 6.41. The standard InChI is InChI=1S/C16H17N3O/c1-11-5-4-6-14(9-11)18-19-16-10-12(2)7-8-15(16)17-13(3)20/h4-10H,1-3H3,(H,17,20). The average molecular weight is 267 g/mol. The van der Waals surface area contributed by atoms with Gasteiger partial charge in [0, 0.05) is 6.92 Å². The van der Waals surface area contributed by atoms with E-state index in [1.807, 2.05) is 56.3 Å². The van der Waals surface area contributed by atoms with Crippen LogP contribution in [0.3, 0.4) is 0 Å². The van der Waals surface area contributed by atoms with E-state index >= 15 is 0 Å². The molecule has 0 unspecified atom stereocenters. The van der Waals surface area contributed by atoms with Gasteiger partial charge >= 0.3 is 0 Å². The molecule has 0 aliphatic heterocycles. The summed E-state index contributed by atoms with van der Waals surface area (Å²) in [5, 5.41) is 11.2. The molecule has 0 spiro atoms. The summed E-state index contributed by atoms with van der Waals surface area (Å²) in [6.07, 6.45) is 0. The number of carbonyl (C=O) groups is 1. The van der Waals surface area contributed by atoms with Crippen molar-refractivity contribution in [2.24, 2.45) is 10.2 Å². The molecule has 2 aromatic carbocycles. The predicted octanol–water partition coefficient (Wildman–Crippen LogP) is 4.68. The van der Waals surface area contributed by atoms with Crippen LogP contribution in [0, 0.1) is 13.8 Å². The maximum absolute atomic E-state index is 11.2. The third-order valence-electron chi connectivity index (χ3n) is 2.74. The van der Waals surface area contributed by atoms with Crippen molar-refractivity contribution in [2.45, 2.75) is 20.8 Å². The molecular formula is C16H17N3O. The third-order valence-corrected chi connectivity index (χ3v) is 2.74. The Morgan fingerprint density at radius 3 is 2.45 bits per heavy atom. The lowest BCUT2D eigenvalue weighted by molar-refractivity contribution is -0.114. The van der Waals surface area contributed by atoms with Gasteiger partial charge in [0.25, 0.3) is 0 Å². The van der Waals surface area contributed by atoms with Crippen molar-refractivity contribution < 1.29 is 4.79 Å². The highest BCUT2D eigenvalue weighted by molar-refractivity contribution is 5.92. The number of hydrogen-bond donors (Lipinski definition) is 1. The van der Waals surface area contributed by atoms with Crippen molar-refractivity contribution in [3.8, 4) is 0 Å². The van der Waals surface area contributed by atoms with E-state index in [0.29, 0.717) is 11.4 Å². The minimum Gasteiger partial charge on any atom is -0.324 e. The Labute approximate surface area is 118 Å². The molecule has 0 aliphatic rings. The van der Waals surface area contributed by atoms with E-state index in [2.05, 4.69) is 15.5 Å². The third kappa shape index (κ3) is 3.75. The second-order valence-electron chi connectivity index (χ2n) is 4.74. The van der Waals surface area contributed by atoms with Gasteiger partial charge < -0.3 is 5.32 Å². The fraction of sp³-hybridized carbons (Fsp3) is 0.188. The maximum Gasteiger partial charge on any atom is 0.221 e. The Balaban J connectivity index is 2.32. The molecule has 0 bridgehead atoms. The van der Waals surface area contributed by atoms with Crippen LogP contribution in [0.1, 0.15) is 18.1 Å². The Kier molecular flexibility index (Phi) is 4.25. The van der Waals surface area contributed by atoms with E-state index in [1.165, 1.54) is 6.92 Å². The van der Waals surface area contributed by atoms with Crippen molar-refractivity contribution in [1.82, 2.24) is 0 Å². The summed E-state index contributed by atoms with van der Waals surface area (Å²) in [5.41, 5.74) is 4.31. The van der Waals surface area contributed by atoms with Crippen molar-refractivity contribution >= 4 is 23.0 Å². The minimum atomic E-state index is -0.124. The Hall–Kier alpha value is -2.49. The normalized spacial score (nSPS) is 10.8. The number of carbonyl (C=O) groups excluding carboxylic acids is 1. The zero-order valence-corrected chi connectivity index (χ0v) is 11.8. The lowest BCUT2D eigenvalue weighted by Crippen LogP contribution is -2.05. The summed E-state index contributed by atoms with van der Waals surface area (Å²) >= 11 is 0. The van der Waals surface area contributed by atoms with Crippen LogP contribution in [0.15, 0.2) is 52.7 Å². The van der Waals surface area contributed by atoms with Crippen LogP contribution in [0.2, 0.25) is 0 Å². The maximum atomic E-state index is 11.2. The van der Waals surface area contributed by atoms with Gasteiger partial charge in [-0.1, -0.05) is 18.2 Å². The van der Waals surface area contributed by atoms with Gasteiger partial charge in [-0.3, -0.25) is 4.79 Å². The van der Waals surface area contributed by atoms with Crippen LogP contribution in [-0.2, 0) is 4.79 Å². The molecule has 0 saturated heterocycles. The van der Waals surface area contributed by atoms with Crippen LogP contribution in [0.25, 0.3) is 0 Å². The molecule has 0 saturated carbocycles. The summed E-state index contributed by atoms with van der Waals surface area (Å²) in [6.45, 7) is 5.46. The SMILES string of the molecule is CC(=O)Nc1ccc(C)cc1N=Nc1cccc(C)c1. The van der Waals surface area contributed by atoms with Gasteiger partial charge in [0.05, 0.1) is 11.4 Å². The summed E-state index contributed by atoms with van der Waals surface area (Å²) in [7, 11) is 0. The molecule has 0 heterocycles. The molecule has 0 atom stereocenters. The molecule has 2 rings (SSSR count). The monoisotopic (exact) mass is 267 g/mol. The summed E-state index contributed by atoms with van der Waals surface area (Å²) < 4.78 is 0. The highest BCUT2D eigenvalue weighted by Crippen LogP contribution is 2.28. The number of amides is 1. The topological polar surface area (TPSA) is 53.8 Å². The van der Waals surface area contributed by atoms with E-state index in [1.54, 1.807) is 0 Å². The molecule has 20 heavy (non-hydrogen) atoms. The van der Waals surface area contributed by atoms with Gasteiger partial charge in [-0.25, -0.2) is 0 Å². The number of azo groups is 1. The van der Waals surface area contributed by atoms with Crippen LogP contribution in [0.4, 0.5) is 17.1 Å². The highest BCUT2D eigenvalue weighted by Gasteiger charge is 2.03. The van der Waals surface area contributed by atoms with Crippen molar-refractivity contribution in [2.75, 3.05) is 5.32 Å². The smallest absolute Gasteiger partial charge is 0.221 e. The summed E-state index contributed by atoms with van der Waals surface area (Å²) in [4.78, 5) is 11.2. The second kappa shape index (κ2) is 6.10. The van der Waals surface area contributed by atoms with Gasteiger partial charge in [0.2, 0.25) is 5.91 Å². The number of aryl methyl sites for hydroxylation is 2. The van der Waals surface area contributed by atoms with Crippen LogP contribution in [-0.4, -0.2) is 5.91 Å². The molecule has 0 aliphatic carbocycles. The lowest BCUT2D eigenvalue weighted by Gasteiger charge is -2.06. The zero-order chi connectivity index (χ0) is 14.5. The number of hydrogen-bond acceptors (Lipinski definition) is 3. The quantitative estimate of drug-likeness (QED) is 0.807. The molecule has 0 aromatic heterocycles. The van der Waals surface area contributed by atoms with E-state index < -0.39 is 0 Å². The number of anilines is 1. The van der Waals surface area contributed by atoms with Crippen molar-refractivity contribution in [3.05, 3.63) is 53.6 Å². The van der Waals surface area contributed by atoms with Crippen molar-refractivity contribution in [3.63, 3.8) is 0 Å². The molecule has 4 nitrogen and oxygen atoms in total. The van der Waals surface area contributed by atoms with Crippen LogP contribution >= 0.6 is 0 Å². The number of benzene rings is 2. The minimum absolute atomic E-state index is 0.124. The molecule has 0 fully saturated rings. The number of rotatable bonds is 3. The molecule has 0 radical (unpaired) electrons. The number of nitrogens with one attached hydrogen (secondary N) is 1. The van der Waals surface area contributed by atoms with E-state index in [0.717, 1.165) is 16.8 Å². The second-order valence-corrected chi connectivity index (χ2v) is 4.74. The first kappa shape index (κ1) is 13.9. The largest absolute Gasteiger partial charge is 0.324 e. The molecule has 1 N–H and O–H groups in total. The van der Waals surface area contributed by atoms with Crippen molar-refractivity contribution in [1.29, 1.82) is 0 Å². The fourth-order valence-electron chi connectivity index (χ4n) is 1.82.